The third-order valence-corrected chi connectivity index (χ3v) is 2.61. The summed E-state index contributed by atoms with van der Waals surface area (Å²) in [6.45, 7) is 8.60. The molecule has 0 saturated carbocycles. The van der Waals surface area contributed by atoms with Gasteiger partial charge in [-0.3, -0.25) is 0 Å². The van der Waals surface area contributed by atoms with Gasteiger partial charge in [-0.2, -0.15) is 0 Å². The number of aromatic nitrogens is 2. The van der Waals surface area contributed by atoms with Crippen molar-refractivity contribution in [3.63, 3.8) is 0 Å². The van der Waals surface area contributed by atoms with Crippen LogP contribution in [0.15, 0.2) is 12.3 Å². The van der Waals surface area contributed by atoms with Crippen molar-refractivity contribution in [3.8, 4) is 0 Å². The Morgan fingerprint density at radius 3 is 2.32 bits per heavy atom. The summed E-state index contributed by atoms with van der Waals surface area (Å²) in [6.07, 6.45) is 1.74. The van der Waals surface area contributed by atoms with Crippen LogP contribution < -0.4 is 10.6 Å². The van der Waals surface area contributed by atoms with Gasteiger partial charge in [0.1, 0.15) is 0 Å². The summed E-state index contributed by atoms with van der Waals surface area (Å²) in [7, 11) is 0. The van der Waals surface area contributed by atoms with Crippen molar-refractivity contribution in [2.24, 2.45) is 5.73 Å². The molecule has 6 nitrogen and oxygen atoms in total. The number of nitrogens with zero attached hydrogens (tertiary/aromatic N) is 3. The van der Waals surface area contributed by atoms with Gasteiger partial charge in [0.25, 0.3) is 0 Å². The highest BCUT2D eigenvalue weighted by molar-refractivity contribution is 5.30. The third-order valence-electron chi connectivity index (χ3n) is 2.61. The molecule has 0 radical (unpaired) electrons. The van der Waals surface area contributed by atoms with Crippen LogP contribution in [0.3, 0.4) is 0 Å². The van der Waals surface area contributed by atoms with E-state index in [0.29, 0.717) is 38.9 Å². The van der Waals surface area contributed by atoms with E-state index in [1.54, 1.807) is 6.20 Å². The summed E-state index contributed by atoms with van der Waals surface area (Å²) in [4.78, 5) is 10.8. The van der Waals surface area contributed by atoms with Gasteiger partial charge in [0.05, 0.1) is 18.9 Å². The van der Waals surface area contributed by atoms with Crippen molar-refractivity contribution in [2.45, 2.75) is 20.4 Å². The first kappa shape index (κ1) is 15.8. The topological polar surface area (TPSA) is 73.5 Å². The molecule has 1 aromatic heterocycles. The first-order valence-electron chi connectivity index (χ1n) is 6.74. The summed E-state index contributed by atoms with van der Waals surface area (Å²) in [5.41, 5.74) is 6.44. The first-order chi connectivity index (χ1) is 9.31. The molecule has 108 valence electrons. The molecule has 19 heavy (non-hydrogen) atoms. The molecule has 6 heteroatoms. The van der Waals surface area contributed by atoms with E-state index in [-0.39, 0.29) is 0 Å². The summed E-state index contributed by atoms with van der Waals surface area (Å²) < 4.78 is 10.8. The molecule has 0 bridgehead atoms. The third kappa shape index (κ3) is 5.96. The number of hydrogen-bond acceptors (Lipinski definition) is 6. The van der Waals surface area contributed by atoms with Crippen molar-refractivity contribution in [2.75, 3.05) is 44.4 Å². The molecule has 0 aliphatic carbocycles. The Kier molecular flexibility index (Phi) is 8.04. The quantitative estimate of drug-likeness (QED) is 0.633. The zero-order chi connectivity index (χ0) is 13.9. The van der Waals surface area contributed by atoms with Gasteiger partial charge in [-0.25, -0.2) is 9.97 Å². The Bertz CT molecular complexity index is 339. The highest BCUT2D eigenvalue weighted by Gasteiger charge is 2.09. The average molecular weight is 268 g/mol. The van der Waals surface area contributed by atoms with Crippen LogP contribution in [-0.4, -0.2) is 49.5 Å². The first-order valence-corrected chi connectivity index (χ1v) is 6.74. The molecule has 0 aliphatic rings. The van der Waals surface area contributed by atoms with Crippen LogP contribution >= 0.6 is 0 Å². The maximum absolute atomic E-state index is 5.60. The van der Waals surface area contributed by atoms with Crippen LogP contribution in [0.5, 0.6) is 0 Å². The van der Waals surface area contributed by atoms with Crippen LogP contribution in [-0.2, 0) is 16.0 Å². The monoisotopic (exact) mass is 268 g/mol. The molecule has 0 saturated heterocycles. The largest absolute Gasteiger partial charge is 0.380 e. The minimum absolute atomic E-state index is 0.417. The van der Waals surface area contributed by atoms with Crippen molar-refractivity contribution < 1.29 is 9.47 Å². The predicted octanol–water partition coefficient (Wildman–Crippen LogP) is 0.815. The second-order valence-electron chi connectivity index (χ2n) is 3.93. The number of nitrogens with two attached hydrogens (primary N) is 1. The molecule has 1 aromatic rings. The standard InChI is InChI=1S/C13H24N4O2/c1-3-18-9-7-17(8-10-19-4-2)13-15-6-5-12(11-14)16-13/h5-6H,3-4,7-11,14H2,1-2H3. The molecule has 0 atom stereocenters. The Hall–Kier alpha value is -1.24. The van der Waals surface area contributed by atoms with Gasteiger partial charge < -0.3 is 20.1 Å². The number of rotatable bonds is 10. The van der Waals surface area contributed by atoms with E-state index in [1.165, 1.54) is 0 Å². The highest BCUT2D eigenvalue weighted by Crippen LogP contribution is 2.07. The molecular formula is C13H24N4O2. The smallest absolute Gasteiger partial charge is 0.225 e. The maximum Gasteiger partial charge on any atom is 0.225 e. The summed E-state index contributed by atoms with van der Waals surface area (Å²) in [6, 6.07) is 1.83. The van der Waals surface area contributed by atoms with E-state index in [1.807, 2.05) is 19.9 Å². The fourth-order valence-corrected chi connectivity index (χ4v) is 1.60. The second kappa shape index (κ2) is 9.66. The van der Waals surface area contributed by atoms with Crippen molar-refractivity contribution in [1.29, 1.82) is 0 Å². The van der Waals surface area contributed by atoms with Gasteiger partial charge in [-0.05, 0) is 19.9 Å². The summed E-state index contributed by atoms with van der Waals surface area (Å²) >= 11 is 0. The number of ether oxygens (including phenoxy) is 2. The van der Waals surface area contributed by atoms with Gasteiger partial charge in [0.15, 0.2) is 0 Å². The van der Waals surface area contributed by atoms with E-state index in [0.717, 1.165) is 18.8 Å². The molecule has 1 heterocycles. The summed E-state index contributed by atoms with van der Waals surface area (Å²) in [5.74, 6) is 0.683. The maximum atomic E-state index is 5.60. The van der Waals surface area contributed by atoms with Crippen LogP contribution in [0.25, 0.3) is 0 Å². The van der Waals surface area contributed by atoms with Crippen LogP contribution in [0.2, 0.25) is 0 Å². The predicted molar refractivity (Wildman–Crippen MR) is 75.1 cm³/mol. The normalized spacial score (nSPS) is 10.7. The van der Waals surface area contributed by atoms with Crippen molar-refractivity contribution >= 4 is 5.95 Å². The fraction of sp³-hybridized carbons (Fsp3) is 0.692. The minimum atomic E-state index is 0.417. The SMILES string of the molecule is CCOCCN(CCOCC)c1nccc(CN)n1. The molecule has 0 amide bonds. The van der Waals surface area contributed by atoms with Gasteiger partial charge in [0, 0.05) is 39.0 Å². The molecule has 2 N–H and O–H groups in total. The highest BCUT2D eigenvalue weighted by atomic mass is 16.5. The van der Waals surface area contributed by atoms with E-state index in [4.69, 9.17) is 15.2 Å². The lowest BCUT2D eigenvalue weighted by atomic mass is 10.4. The van der Waals surface area contributed by atoms with E-state index < -0.39 is 0 Å². The molecule has 0 unspecified atom stereocenters. The molecular weight excluding hydrogens is 244 g/mol. The second-order valence-corrected chi connectivity index (χ2v) is 3.93. The molecule has 0 aliphatic heterocycles. The van der Waals surface area contributed by atoms with Crippen molar-refractivity contribution in [3.05, 3.63) is 18.0 Å². The number of hydrogen-bond donors (Lipinski definition) is 1. The van der Waals surface area contributed by atoms with Gasteiger partial charge >= 0.3 is 0 Å². The van der Waals surface area contributed by atoms with E-state index in [9.17, 15) is 0 Å². The van der Waals surface area contributed by atoms with E-state index in [2.05, 4.69) is 14.9 Å². The Morgan fingerprint density at radius 1 is 1.16 bits per heavy atom. The lowest BCUT2D eigenvalue weighted by Crippen LogP contribution is -2.32. The lowest BCUT2D eigenvalue weighted by Gasteiger charge is -2.22. The zero-order valence-corrected chi connectivity index (χ0v) is 11.8. The zero-order valence-electron chi connectivity index (χ0n) is 11.8. The van der Waals surface area contributed by atoms with Gasteiger partial charge in [0.2, 0.25) is 5.95 Å². The Balaban J connectivity index is 2.63. The molecule has 0 spiro atoms. The van der Waals surface area contributed by atoms with Crippen LogP contribution in [0.4, 0.5) is 5.95 Å². The van der Waals surface area contributed by atoms with Crippen LogP contribution in [0.1, 0.15) is 19.5 Å². The Morgan fingerprint density at radius 2 is 1.79 bits per heavy atom. The van der Waals surface area contributed by atoms with Gasteiger partial charge in [-0.15, -0.1) is 0 Å². The summed E-state index contributed by atoms with van der Waals surface area (Å²) in [5, 5.41) is 0. The van der Waals surface area contributed by atoms with Gasteiger partial charge in [-0.1, -0.05) is 0 Å². The molecule has 0 fully saturated rings. The van der Waals surface area contributed by atoms with Crippen LogP contribution in [0, 0.1) is 0 Å². The minimum Gasteiger partial charge on any atom is -0.380 e. The fourth-order valence-electron chi connectivity index (χ4n) is 1.60. The lowest BCUT2D eigenvalue weighted by molar-refractivity contribution is 0.141. The molecule has 0 aromatic carbocycles. The number of anilines is 1. The van der Waals surface area contributed by atoms with E-state index >= 15 is 0 Å². The average Bonchev–Trinajstić information content (AvgIpc) is 2.46. The Labute approximate surface area is 114 Å². The van der Waals surface area contributed by atoms with Crippen molar-refractivity contribution in [1.82, 2.24) is 9.97 Å². The molecule has 1 rings (SSSR count).